The van der Waals surface area contributed by atoms with Crippen LogP contribution in [0.5, 0.6) is 0 Å². The average Bonchev–Trinajstić information content (AvgIpc) is 3.24. The van der Waals surface area contributed by atoms with Gasteiger partial charge in [0.1, 0.15) is 17.5 Å². The fraction of sp³-hybridized carbons (Fsp3) is 0.750. The number of nitrogens with zero attached hydrogens (tertiary/aromatic N) is 2. The number of hydrogen-bond donors (Lipinski definition) is 3. The molecule has 0 aromatic carbocycles. The third kappa shape index (κ3) is 3.28. The molecular formula is C16H26N4O. The van der Waals surface area contributed by atoms with Crippen molar-refractivity contribution in [3.05, 3.63) is 11.4 Å². The van der Waals surface area contributed by atoms with E-state index >= 15 is 0 Å². The number of nitrogens with two attached hydrogens (primary N) is 1. The van der Waals surface area contributed by atoms with E-state index in [0.29, 0.717) is 24.2 Å². The molecule has 0 amide bonds. The van der Waals surface area contributed by atoms with E-state index in [2.05, 4.69) is 22.2 Å². The first kappa shape index (κ1) is 14.6. The quantitative estimate of drug-likeness (QED) is 0.794. The summed E-state index contributed by atoms with van der Waals surface area (Å²) < 4.78 is 0. The molecule has 2 saturated carbocycles. The molecule has 0 saturated heterocycles. The van der Waals surface area contributed by atoms with Crippen molar-refractivity contribution in [2.45, 2.75) is 63.9 Å². The van der Waals surface area contributed by atoms with Gasteiger partial charge in [-0.1, -0.05) is 19.8 Å². The van der Waals surface area contributed by atoms with E-state index in [1.807, 2.05) is 6.92 Å². The summed E-state index contributed by atoms with van der Waals surface area (Å²) in [5.41, 5.74) is 6.26. The smallest absolute Gasteiger partial charge is 0.136 e. The number of hydrogen-bond acceptors (Lipinski definition) is 5. The summed E-state index contributed by atoms with van der Waals surface area (Å²) in [7, 11) is 0. The number of aromatic nitrogens is 2. The van der Waals surface area contributed by atoms with Crippen LogP contribution in [-0.2, 0) is 0 Å². The van der Waals surface area contributed by atoms with Gasteiger partial charge < -0.3 is 16.2 Å². The molecule has 5 nitrogen and oxygen atoms in total. The third-order valence-corrected chi connectivity index (χ3v) is 4.80. The Morgan fingerprint density at radius 1 is 1.33 bits per heavy atom. The van der Waals surface area contributed by atoms with Crippen LogP contribution in [0.15, 0.2) is 0 Å². The maximum absolute atomic E-state index is 10.7. The molecule has 3 rings (SSSR count). The fourth-order valence-corrected chi connectivity index (χ4v) is 3.29. The second kappa shape index (κ2) is 5.44. The Labute approximate surface area is 126 Å². The minimum atomic E-state index is -0.621. The summed E-state index contributed by atoms with van der Waals surface area (Å²) in [6, 6.07) is 0. The molecule has 1 aromatic heterocycles. The SMILES string of the molecule is Cc1c(N)nc(C2CC2)nc1NCC1(O)CCCC(C)C1. The van der Waals surface area contributed by atoms with Crippen molar-refractivity contribution in [2.24, 2.45) is 5.92 Å². The first-order valence-electron chi connectivity index (χ1n) is 8.07. The topological polar surface area (TPSA) is 84.1 Å². The lowest BCUT2D eigenvalue weighted by Gasteiger charge is -2.35. The molecule has 2 aliphatic carbocycles. The van der Waals surface area contributed by atoms with Gasteiger partial charge in [-0.3, -0.25) is 0 Å². The number of rotatable bonds is 4. The third-order valence-electron chi connectivity index (χ3n) is 4.80. The van der Waals surface area contributed by atoms with Crippen LogP contribution >= 0.6 is 0 Å². The van der Waals surface area contributed by atoms with Gasteiger partial charge in [-0.15, -0.1) is 0 Å². The average molecular weight is 290 g/mol. The van der Waals surface area contributed by atoms with Gasteiger partial charge in [0.25, 0.3) is 0 Å². The van der Waals surface area contributed by atoms with Crippen LogP contribution < -0.4 is 11.1 Å². The van der Waals surface area contributed by atoms with Crippen molar-refractivity contribution in [3.63, 3.8) is 0 Å². The maximum atomic E-state index is 10.7. The van der Waals surface area contributed by atoms with Gasteiger partial charge in [-0.25, -0.2) is 9.97 Å². The van der Waals surface area contributed by atoms with E-state index in [0.717, 1.165) is 49.3 Å². The normalized spacial score (nSPS) is 29.4. The fourth-order valence-electron chi connectivity index (χ4n) is 3.29. The zero-order valence-corrected chi connectivity index (χ0v) is 13.0. The van der Waals surface area contributed by atoms with Gasteiger partial charge in [-0.2, -0.15) is 0 Å². The van der Waals surface area contributed by atoms with Crippen molar-refractivity contribution in [3.8, 4) is 0 Å². The summed E-state index contributed by atoms with van der Waals surface area (Å²) in [6.45, 7) is 4.68. The second-order valence-corrected chi connectivity index (χ2v) is 6.99. The Balaban J connectivity index is 1.72. The van der Waals surface area contributed by atoms with E-state index in [9.17, 15) is 5.11 Å². The summed E-state index contributed by atoms with van der Waals surface area (Å²) in [5, 5.41) is 14.0. The summed E-state index contributed by atoms with van der Waals surface area (Å²) in [6.07, 6.45) is 6.34. The van der Waals surface area contributed by atoms with Gasteiger partial charge in [-0.05, 0) is 38.5 Å². The first-order chi connectivity index (χ1) is 9.97. The van der Waals surface area contributed by atoms with Crippen LogP contribution in [0.2, 0.25) is 0 Å². The number of aliphatic hydroxyl groups is 1. The highest BCUT2D eigenvalue weighted by Crippen LogP contribution is 2.39. The van der Waals surface area contributed by atoms with Crippen LogP contribution in [0.3, 0.4) is 0 Å². The minimum Gasteiger partial charge on any atom is -0.388 e. The van der Waals surface area contributed by atoms with Crippen molar-refractivity contribution in [1.82, 2.24) is 9.97 Å². The van der Waals surface area contributed by atoms with Gasteiger partial charge >= 0.3 is 0 Å². The Morgan fingerprint density at radius 2 is 2.10 bits per heavy atom. The highest BCUT2D eigenvalue weighted by Gasteiger charge is 2.33. The zero-order valence-electron chi connectivity index (χ0n) is 13.0. The lowest BCUT2D eigenvalue weighted by molar-refractivity contribution is -0.000838. The summed E-state index contributed by atoms with van der Waals surface area (Å²) in [4.78, 5) is 9.00. The highest BCUT2D eigenvalue weighted by molar-refractivity contribution is 5.55. The Morgan fingerprint density at radius 3 is 2.76 bits per heavy atom. The second-order valence-electron chi connectivity index (χ2n) is 6.99. The van der Waals surface area contributed by atoms with Gasteiger partial charge in [0.15, 0.2) is 0 Å². The number of anilines is 2. The predicted octanol–water partition coefficient (Wildman–Crippen LogP) is 2.60. The van der Waals surface area contributed by atoms with E-state index in [1.54, 1.807) is 0 Å². The molecule has 1 heterocycles. The van der Waals surface area contributed by atoms with E-state index in [1.165, 1.54) is 6.42 Å². The lowest BCUT2D eigenvalue weighted by atomic mass is 9.79. The van der Waals surface area contributed by atoms with Crippen molar-refractivity contribution in [1.29, 1.82) is 0 Å². The van der Waals surface area contributed by atoms with Gasteiger partial charge in [0.05, 0.1) is 5.60 Å². The molecular weight excluding hydrogens is 264 g/mol. The molecule has 0 bridgehead atoms. The van der Waals surface area contributed by atoms with E-state index in [4.69, 9.17) is 5.73 Å². The predicted molar refractivity (Wildman–Crippen MR) is 84.2 cm³/mol. The molecule has 5 heteroatoms. The van der Waals surface area contributed by atoms with Crippen molar-refractivity contribution < 1.29 is 5.11 Å². The van der Waals surface area contributed by atoms with Crippen LogP contribution in [-0.4, -0.2) is 27.2 Å². The Hall–Kier alpha value is -1.36. The lowest BCUT2D eigenvalue weighted by Crippen LogP contribution is -2.41. The molecule has 0 radical (unpaired) electrons. The molecule has 4 N–H and O–H groups in total. The van der Waals surface area contributed by atoms with Crippen LogP contribution in [0.25, 0.3) is 0 Å². The minimum absolute atomic E-state index is 0.478. The molecule has 0 spiro atoms. The number of nitrogens with one attached hydrogen (secondary N) is 1. The van der Waals surface area contributed by atoms with Gasteiger partial charge in [0.2, 0.25) is 0 Å². The van der Waals surface area contributed by atoms with Gasteiger partial charge in [0, 0.05) is 18.0 Å². The monoisotopic (exact) mass is 290 g/mol. The van der Waals surface area contributed by atoms with Crippen LogP contribution in [0.1, 0.15) is 62.8 Å². The van der Waals surface area contributed by atoms with Crippen molar-refractivity contribution >= 4 is 11.6 Å². The molecule has 1 aromatic rings. The Bertz CT molecular complexity index is 529. The molecule has 2 unspecified atom stereocenters. The Kier molecular flexibility index (Phi) is 3.78. The highest BCUT2D eigenvalue weighted by atomic mass is 16.3. The molecule has 2 fully saturated rings. The molecule has 2 aliphatic rings. The molecule has 21 heavy (non-hydrogen) atoms. The number of nitrogen functional groups attached to an aromatic ring is 1. The largest absolute Gasteiger partial charge is 0.388 e. The standard InChI is InChI=1S/C16H26N4O/c1-10-4-3-7-16(21,8-10)9-18-14-11(2)13(17)19-15(20-14)12-5-6-12/h10,12,21H,3-9H2,1-2H3,(H3,17,18,19,20). The van der Waals surface area contributed by atoms with E-state index < -0.39 is 5.60 Å². The van der Waals surface area contributed by atoms with E-state index in [-0.39, 0.29) is 0 Å². The maximum Gasteiger partial charge on any atom is 0.136 e. The van der Waals surface area contributed by atoms with Crippen LogP contribution in [0, 0.1) is 12.8 Å². The molecule has 116 valence electrons. The zero-order chi connectivity index (χ0) is 15.0. The summed E-state index contributed by atoms with van der Waals surface area (Å²) >= 11 is 0. The summed E-state index contributed by atoms with van der Waals surface area (Å²) in [5.74, 6) is 3.26. The first-order valence-corrected chi connectivity index (χ1v) is 8.07. The molecule has 0 aliphatic heterocycles. The van der Waals surface area contributed by atoms with Crippen molar-refractivity contribution in [2.75, 3.05) is 17.6 Å². The molecule has 2 atom stereocenters. The van der Waals surface area contributed by atoms with Crippen LogP contribution in [0.4, 0.5) is 11.6 Å².